The molecule has 0 amide bonds. The van der Waals surface area contributed by atoms with Gasteiger partial charge in [0.15, 0.2) is 0 Å². The van der Waals surface area contributed by atoms with Gasteiger partial charge in [0.05, 0.1) is 18.1 Å². The highest BCUT2D eigenvalue weighted by molar-refractivity contribution is 5.37. The first-order valence-electron chi connectivity index (χ1n) is 7.63. The average molecular weight is 262 g/mol. The van der Waals surface area contributed by atoms with Gasteiger partial charge in [0.2, 0.25) is 0 Å². The molecule has 1 aliphatic rings. The molecule has 1 N–H and O–H groups in total. The fourth-order valence-electron chi connectivity index (χ4n) is 2.71. The van der Waals surface area contributed by atoms with Gasteiger partial charge in [0.1, 0.15) is 5.82 Å². The van der Waals surface area contributed by atoms with Gasteiger partial charge in [0, 0.05) is 19.1 Å². The first kappa shape index (κ1) is 14.3. The molecule has 1 aromatic rings. The normalized spacial score (nSPS) is 19.7. The van der Waals surface area contributed by atoms with E-state index < -0.39 is 0 Å². The van der Waals surface area contributed by atoms with Gasteiger partial charge in [-0.25, -0.2) is 4.98 Å². The van der Waals surface area contributed by atoms with Crippen molar-refractivity contribution in [3.63, 3.8) is 0 Å². The fraction of sp³-hybridized carbons (Fsp3) is 0.733. The summed E-state index contributed by atoms with van der Waals surface area (Å²) in [4.78, 5) is 11.6. The Morgan fingerprint density at radius 1 is 1.26 bits per heavy atom. The van der Waals surface area contributed by atoms with E-state index in [2.05, 4.69) is 34.0 Å². The fourth-order valence-corrected chi connectivity index (χ4v) is 2.71. The third-order valence-electron chi connectivity index (χ3n) is 3.82. The molecule has 0 aromatic carbocycles. The van der Waals surface area contributed by atoms with Crippen LogP contribution in [-0.4, -0.2) is 29.1 Å². The minimum Gasteiger partial charge on any atom is -0.352 e. The monoisotopic (exact) mass is 262 g/mol. The molecule has 0 saturated carbocycles. The second kappa shape index (κ2) is 7.43. The maximum absolute atomic E-state index is 4.60. The minimum absolute atomic E-state index is 0.645. The van der Waals surface area contributed by atoms with Crippen molar-refractivity contribution in [2.45, 2.75) is 58.5 Å². The maximum atomic E-state index is 4.60. The van der Waals surface area contributed by atoms with Crippen molar-refractivity contribution in [2.75, 3.05) is 18.0 Å². The second-order valence-electron chi connectivity index (χ2n) is 5.29. The van der Waals surface area contributed by atoms with Crippen LogP contribution in [0.3, 0.4) is 0 Å². The highest BCUT2D eigenvalue weighted by Gasteiger charge is 2.21. The lowest BCUT2D eigenvalue weighted by molar-refractivity contribution is 0.446. The molecule has 0 bridgehead atoms. The van der Waals surface area contributed by atoms with E-state index in [0.717, 1.165) is 37.6 Å². The van der Waals surface area contributed by atoms with Crippen LogP contribution < -0.4 is 10.2 Å². The molecule has 1 aromatic heterocycles. The van der Waals surface area contributed by atoms with Crippen LogP contribution in [-0.2, 0) is 6.54 Å². The van der Waals surface area contributed by atoms with Gasteiger partial charge in [0.25, 0.3) is 0 Å². The Morgan fingerprint density at radius 2 is 2.16 bits per heavy atom. The van der Waals surface area contributed by atoms with Gasteiger partial charge in [-0.1, -0.05) is 13.8 Å². The van der Waals surface area contributed by atoms with Gasteiger partial charge in [-0.3, -0.25) is 4.98 Å². The van der Waals surface area contributed by atoms with Crippen LogP contribution in [0.4, 0.5) is 5.82 Å². The van der Waals surface area contributed by atoms with Gasteiger partial charge in [-0.05, 0) is 38.6 Å². The SMILES string of the molecule is CCCNCc1cnc(N2CCCCC2CC)cn1. The summed E-state index contributed by atoms with van der Waals surface area (Å²) in [5, 5.41) is 3.35. The predicted octanol–water partition coefficient (Wildman–Crippen LogP) is 2.75. The van der Waals surface area contributed by atoms with E-state index >= 15 is 0 Å². The van der Waals surface area contributed by atoms with E-state index in [9.17, 15) is 0 Å². The number of piperidine rings is 1. The molecule has 1 unspecified atom stereocenters. The van der Waals surface area contributed by atoms with Gasteiger partial charge in [-0.15, -0.1) is 0 Å². The van der Waals surface area contributed by atoms with Gasteiger partial charge in [-0.2, -0.15) is 0 Å². The zero-order chi connectivity index (χ0) is 13.5. The Kier molecular flexibility index (Phi) is 5.58. The predicted molar refractivity (Wildman–Crippen MR) is 79.3 cm³/mol. The van der Waals surface area contributed by atoms with E-state index in [1.165, 1.54) is 25.7 Å². The molecular formula is C15H26N4. The smallest absolute Gasteiger partial charge is 0.147 e. The Hall–Kier alpha value is -1.16. The third-order valence-corrected chi connectivity index (χ3v) is 3.82. The van der Waals surface area contributed by atoms with Crippen molar-refractivity contribution in [3.8, 4) is 0 Å². The summed E-state index contributed by atoms with van der Waals surface area (Å²) in [5.41, 5.74) is 1.03. The van der Waals surface area contributed by atoms with Crippen LogP contribution >= 0.6 is 0 Å². The van der Waals surface area contributed by atoms with Crippen LogP contribution in [0.15, 0.2) is 12.4 Å². The van der Waals surface area contributed by atoms with Crippen molar-refractivity contribution in [1.82, 2.24) is 15.3 Å². The highest BCUT2D eigenvalue weighted by atomic mass is 15.2. The third kappa shape index (κ3) is 3.90. The van der Waals surface area contributed by atoms with Crippen LogP contribution in [0.5, 0.6) is 0 Å². The standard InChI is InChI=1S/C15H26N4/c1-3-8-16-10-13-11-18-15(12-17-13)19-9-6-5-7-14(19)4-2/h11-12,14,16H,3-10H2,1-2H3. The molecule has 0 radical (unpaired) electrons. The number of hydrogen-bond donors (Lipinski definition) is 1. The molecule has 1 fully saturated rings. The maximum Gasteiger partial charge on any atom is 0.147 e. The Labute approximate surface area is 116 Å². The molecule has 4 nitrogen and oxygen atoms in total. The molecule has 0 spiro atoms. The molecular weight excluding hydrogens is 236 g/mol. The lowest BCUT2D eigenvalue weighted by Gasteiger charge is -2.35. The van der Waals surface area contributed by atoms with E-state index in [4.69, 9.17) is 0 Å². The first-order valence-corrected chi connectivity index (χ1v) is 7.63. The van der Waals surface area contributed by atoms with Crippen molar-refractivity contribution >= 4 is 5.82 Å². The summed E-state index contributed by atoms with van der Waals surface area (Å²) >= 11 is 0. The van der Waals surface area contributed by atoms with Crippen LogP contribution in [0.25, 0.3) is 0 Å². The van der Waals surface area contributed by atoms with E-state index in [1.807, 2.05) is 12.4 Å². The number of nitrogens with zero attached hydrogens (tertiary/aromatic N) is 3. The van der Waals surface area contributed by atoms with Crippen LogP contribution in [0, 0.1) is 0 Å². The van der Waals surface area contributed by atoms with E-state index in [-0.39, 0.29) is 0 Å². The van der Waals surface area contributed by atoms with Crippen molar-refractivity contribution in [3.05, 3.63) is 18.1 Å². The Balaban J connectivity index is 1.96. The Morgan fingerprint density at radius 3 is 2.84 bits per heavy atom. The first-order chi connectivity index (χ1) is 9.35. The van der Waals surface area contributed by atoms with Crippen LogP contribution in [0.2, 0.25) is 0 Å². The molecule has 0 aliphatic carbocycles. The molecule has 106 valence electrons. The summed E-state index contributed by atoms with van der Waals surface area (Å²) in [5.74, 6) is 1.05. The topological polar surface area (TPSA) is 41.1 Å². The summed E-state index contributed by atoms with van der Waals surface area (Å²) < 4.78 is 0. The largest absolute Gasteiger partial charge is 0.352 e. The van der Waals surface area contributed by atoms with Gasteiger partial charge >= 0.3 is 0 Å². The zero-order valence-electron chi connectivity index (χ0n) is 12.2. The summed E-state index contributed by atoms with van der Waals surface area (Å²) in [7, 11) is 0. The summed E-state index contributed by atoms with van der Waals surface area (Å²) in [6.45, 7) is 7.41. The number of hydrogen-bond acceptors (Lipinski definition) is 4. The molecule has 2 heterocycles. The molecule has 1 atom stereocenters. The molecule has 4 heteroatoms. The van der Waals surface area contributed by atoms with Gasteiger partial charge < -0.3 is 10.2 Å². The summed E-state index contributed by atoms with van der Waals surface area (Å²) in [6, 6.07) is 0.645. The lowest BCUT2D eigenvalue weighted by Crippen LogP contribution is -2.39. The Bertz CT molecular complexity index is 363. The van der Waals surface area contributed by atoms with E-state index in [0.29, 0.717) is 6.04 Å². The molecule has 1 aliphatic heterocycles. The number of anilines is 1. The van der Waals surface area contributed by atoms with E-state index in [1.54, 1.807) is 0 Å². The van der Waals surface area contributed by atoms with Crippen molar-refractivity contribution in [2.24, 2.45) is 0 Å². The summed E-state index contributed by atoms with van der Waals surface area (Å²) in [6.07, 6.45) is 10.1. The number of aromatic nitrogens is 2. The number of rotatable bonds is 6. The quantitative estimate of drug-likeness (QED) is 0.800. The van der Waals surface area contributed by atoms with Crippen molar-refractivity contribution < 1.29 is 0 Å². The zero-order valence-corrected chi connectivity index (χ0v) is 12.2. The molecule has 1 saturated heterocycles. The minimum atomic E-state index is 0.645. The average Bonchev–Trinajstić information content (AvgIpc) is 2.48. The number of nitrogens with one attached hydrogen (secondary N) is 1. The lowest BCUT2D eigenvalue weighted by atomic mass is 10.0. The molecule has 19 heavy (non-hydrogen) atoms. The second-order valence-corrected chi connectivity index (χ2v) is 5.29. The van der Waals surface area contributed by atoms with Crippen molar-refractivity contribution in [1.29, 1.82) is 0 Å². The van der Waals surface area contributed by atoms with Crippen LogP contribution in [0.1, 0.15) is 51.6 Å². The molecule has 2 rings (SSSR count). The highest BCUT2D eigenvalue weighted by Crippen LogP contribution is 2.24.